The summed E-state index contributed by atoms with van der Waals surface area (Å²) in [7, 11) is 0. The van der Waals surface area contributed by atoms with E-state index in [4.69, 9.17) is 11.5 Å². The summed E-state index contributed by atoms with van der Waals surface area (Å²) in [6, 6.07) is 12.5. The Morgan fingerprint density at radius 1 is 0.917 bits per heavy atom. The molecular formula is C10H19N2. The van der Waals surface area contributed by atoms with Crippen molar-refractivity contribution >= 4 is 0 Å². The molecule has 1 radical (unpaired) electrons. The van der Waals surface area contributed by atoms with E-state index in [0.29, 0.717) is 0 Å². The minimum Gasteiger partial charge on any atom is -0.331 e. The Labute approximate surface area is 75.6 Å². The van der Waals surface area contributed by atoms with E-state index in [2.05, 4.69) is 6.07 Å². The van der Waals surface area contributed by atoms with Gasteiger partial charge in [0.1, 0.15) is 0 Å². The van der Waals surface area contributed by atoms with E-state index in [1.165, 1.54) is 0 Å². The second-order valence-corrected chi connectivity index (χ2v) is 1.89. The standard InChI is InChI=1S/C6H5.2C2H7N/c1-2-4-6-5-3-1;2*1-2-3/h1-5H;2*2-3H2,1H3. The van der Waals surface area contributed by atoms with E-state index >= 15 is 0 Å². The molecule has 0 unspecified atom stereocenters. The summed E-state index contributed by atoms with van der Waals surface area (Å²) in [5, 5.41) is 0. The second kappa shape index (κ2) is 16.6. The van der Waals surface area contributed by atoms with Gasteiger partial charge in [-0.2, -0.15) is 0 Å². The zero-order valence-electron chi connectivity index (χ0n) is 7.96. The Morgan fingerprint density at radius 2 is 1.25 bits per heavy atom. The first-order valence-corrected chi connectivity index (χ1v) is 4.14. The molecular weight excluding hydrogens is 148 g/mol. The van der Waals surface area contributed by atoms with Gasteiger partial charge < -0.3 is 11.5 Å². The summed E-state index contributed by atoms with van der Waals surface area (Å²) in [5.41, 5.74) is 9.69. The molecule has 0 saturated carbocycles. The lowest BCUT2D eigenvalue weighted by Crippen LogP contribution is -1.87. The normalized spacial score (nSPS) is 7.00. The first kappa shape index (κ1) is 13.7. The molecule has 69 valence electrons. The maximum atomic E-state index is 4.85. The molecule has 0 atom stereocenters. The highest BCUT2D eigenvalue weighted by molar-refractivity contribution is 4.97. The van der Waals surface area contributed by atoms with Gasteiger partial charge in [0.2, 0.25) is 0 Å². The van der Waals surface area contributed by atoms with Gasteiger partial charge in [-0.3, -0.25) is 0 Å². The van der Waals surface area contributed by atoms with Gasteiger partial charge in [-0.25, -0.2) is 0 Å². The smallest absolute Gasteiger partial charge is 0.0106 e. The van der Waals surface area contributed by atoms with Crippen molar-refractivity contribution in [2.75, 3.05) is 13.1 Å². The highest BCUT2D eigenvalue weighted by atomic mass is 14.5. The van der Waals surface area contributed by atoms with Crippen LogP contribution in [-0.4, -0.2) is 13.1 Å². The van der Waals surface area contributed by atoms with Crippen LogP contribution in [0.15, 0.2) is 30.3 Å². The molecule has 0 amide bonds. The van der Waals surface area contributed by atoms with Crippen molar-refractivity contribution in [3.8, 4) is 0 Å². The second-order valence-electron chi connectivity index (χ2n) is 1.89. The first-order chi connectivity index (χ1) is 5.83. The van der Waals surface area contributed by atoms with Crippen LogP contribution < -0.4 is 11.5 Å². The predicted molar refractivity (Wildman–Crippen MR) is 54.7 cm³/mol. The fourth-order valence-electron chi connectivity index (χ4n) is 0.342. The maximum Gasteiger partial charge on any atom is -0.0106 e. The molecule has 1 aromatic rings. The Balaban J connectivity index is 0. The van der Waals surface area contributed by atoms with Crippen LogP contribution in [0.25, 0.3) is 0 Å². The Kier molecular flexibility index (Phi) is 19.0. The average Bonchev–Trinajstić information content (AvgIpc) is 2.10. The number of hydrogen-bond acceptors (Lipinski definition) is 2. The molecule has 2 nitrogen and oxygen atoms in total. The van der Waals surface area contributed by atoms with E-state index in [9.17, 15) is 0 Å². The molecule has 0 aliphatic carbocycles. The Hall–Kier alpha value is -0.860. The van der Waals surface area contributed by atoms with Gasteiger partial charge in [0, 0.05) is 0 Å². The monoisotopic (exact) mass is 167 g/mol. The molecule has 0 aliphatic heterocycles. The minimum absolute atomic E-state index is 0.750. The number of benzene rings is 1. The molecule has 0 spiro atoms. The van der Waals surface area contributed by atoms with Crippen molar-refractivity contribution < 1.29 is 0 Å². The van der Waals surface area contributed by atoms with Crippen LogP contribution in [-0.2, 0) is 0 Å². The largest absolute Gasteiger partial charge is 0.331 e. The molecule has 0 aromatic heterocycles. The fraction of sp³-hybridized carbons (Fsp3) is 0.400. The molecule has 0 heterocycles. The Bertz CT molecular complexity index is 99.8. The summed E-state index contributed by atoms with van der Waals surface area (Å²) in [5.74, 6) is 0. The van der Waals surface area contributed by atoms with Crippen molar-refractivity contribution in [1.82, 2.24) is 0 Å². The zero-order chi connectivity index (χ0) is 9.66. The van der Waals surface area contributed by atoms with Crippen molar-refractivity contribution in [1.29, 1.82) is 0 Å². The van der Waals surface area contributed by atoms with Crippen LogP contribution in [0.3, 0.4) is 0 Å². The topological polar surface area (TPSA) is 52.0 Å². The summed E-state index contributed by atoms with van der Waals surface area (Å²) in [4.78, 5) is 0. The highest BCUT2D eigenvalue weighted by Crippen LogP contribution is 1.78. The van der Waals surface area contributed by atoms with E-state index in [1.54, 1.807) is 0 Å². The van der Waals surface area contributed by atoms with E-state index in [0.717, 1.165) is 13.1 Å². The summed E-state index contributed by atoms with van der Waals surface area (Å²) < 4.78 is 0. The third-order valence-corrected chi connectivity index (χ3v) is 0.607. The van der Waals surface area contributed by atoms with Crippen molar-refractivity contribution in [3.05, 3.63) is 36.4 Å². The quantitative estimate of drug-likeness (QED) is 0.614. The lowest BCUT2D eigenvalue weighted by atomic mass is 10.4. The molecule has 0 bridgehead atoms. The number of nitrogens with two attached hydrogens (primary N) is 2. The van der Waals surface area contributed by atoms with Crippen LogP contribution in [0.1, 0.15) is 13.8 Å². The van der Waals surface area contributed by atoms with Crippen molar-refractivity contribution in [2.45, 2.75) is 13.8 Å². The van der Waals surface area contributed by atoms with Gasteiger partial charge in [-0.05, 0) is 19.2 Å². The minimum atomic E-state index is 0.750. The van der Waals surface area contributed by atoms with Crippen LogP contribution >= 0.6 is 0 Å². The molecule has 12 heavy (non-hydrogen) atoms. The van der Waals surface area contributed by atoms with Crippen LogP contribution in [0.2, 0.25) is 0 Å². The van der Waals surface area contributed by atoms with Crippen LogP contribution in [0.5, 0.6) is 0 Å². The molecule has 0 aliphatic rings. The molecule has 0 saturated heterocycles. The Morgan fingerprint density at radius 3 is 1.33 bits per heavy atom. The van der Waals surface area contributed by atoms with Crippen LogP contribution in [0, 0.1) is 6.07 Å². The molecule has 0 fully saturated rings. The van der Waals surface area contributed by atoms with Crippen LogP contribution in [0.4, 0.5) is 0 Å². The maximum absolute atomic E-state index is 4.85. The van der Waals surface area contributed by atoms with E-state index < -0.39 is 0 Å². The van der Waals surface area contributed by atoms with Gasteiger partial charge >= 0.3 is 0 Å². The zero-order valence-corrected chi connectivity index (χ0v) is 7.96. The lowest BCUT2D eigenvalue weighted by Gasteiger charge is -1.68. The summed E-state index contributed by atoms with van der Waals surface area (Å²) in [6.07, 6.45) is 0. The molecule has 1 rings (SSSR count). The van der Waals surface area contributed by atoms with E-state index in [1.807, 2.05) is 44.2 Å². The highest BCUT2D eigenvalue weighted by Gasteiger charge is 1.58. The van der Waals surface area contributed by atoms with Crippen molar-refractivity contribution in [2.24, 2.45) is 11.5 Å². The SMILES string of the molecule is CCN.CCN.[c]1ccccc1. The van der Waals surface area contributed by atoms with E-state index in [-0.39, 0.29) is 0 Å². The third kappa shape index (κ3) is 22.9. The fourth-order valence-corrected chi connectivity index (χ4v) is 0.342. The average molecular weight is 167 g/mol. The molecule has 2 heteroatoms. The third-order valence-electron chi connectivity index (χ3n) is 0.607. The van der Waals surface area contributed by atoms with Crippen molar-refractivity contribution in [3.63, 3.8) is 0 Å². The molecule has 4 N–H and O–H groups in total. The number of rotatable bonds is 0. The van der Waals surface area contributed by atoms with Gasteiger partial charge in [0.25, 0.3) is 0 Å². The van der Waals surface area contributed by atoms with Gasteiger partial charge in [-0.15, -0.1) is 0 Å². The predicted octanol–water partition coefficient (Wildman–Crippen LogP) is 1.42. The number of hydrogen-bond donors (Lipinski definition) is 2. The van der Waals surface area contributed by atoms with Gasteiger partial charge in [-0.1, -0.05) is 44.2 Å². The summed E-state index contributed by atoms with van der Waals surface area (Å²) in [6.45, 7) is 5.31. The summed E-state index contributed by atoms with van der Waals surface area (Å²) >= 11 is 0. The first-order valence-electron chi connectivity index (χ1n) is 4.14. The van der Waals surface area contributed by atoms with Gasteiger partial charge in [0.05, 0.1) is 0 Å². The lowest BCUT2D eigenvalue weighted by molar-refractivity contribution is 1.14. The molecule has 1 aromatic carbocycles. The van der Waals surface area contributed by atoms with Gasteiger partial charge in [0.15, 0.2) is 0 Å².